The zero-order valence-corrected chi connectivity index (χ0v) is 30.2. The normalized spacial score (nSPS) is 42.3. The van der Waals surface area contributed by atoms with E-state index in [0.29, 0.717) is 21.8 Å². The molecule has 0 unspecified atom stereocenters. The molecular formula is C39H51FN2O4S. The summed E-state index contributed by atoms with van der Waals surface area (Å²) < 4.78 is 20.4. The van der Waals surface area contributed by atoms with E-state index < -0.39 is 5.41 Å². The predicted molar refractivity (Wildman–Crippen MR) is 183 cm³/mol. The first-order chi connectivity index (χ1) is 21.9. The summed E-state index contributed by atoms with van der Waals surface area (Å²) in [5, 5.41) is 3.60. The van der Waals surface area contributed by atoms with Gasteiger partial charge in [0.1, 0.15) is 11.9 Å². The molecule has 1 heterocycles. The molecule has 47 heavy (non-hydrogen) atoms. The number of carbonyl (C=O) groups excluding carboxylic acids is 3. The van der Waals surface area contributed by atoms with Crippen molar-refractivity contribution in [2.75, 3.05) is 5.32 Å². The molecule has 5 aliphatic carbocycles. The number of halogens is 1. The highest BCUT2D eigenvalue weighted by Crippen LogP contribution is 2.75. The third kappa shape index (κ3) is 4.65. The van der Waals surface area contributed by atoms with Gasteiger partial charge in [-0.05, 0) is 116 Å². The molecule has 2 aromatic rings. The number of anilines is 1. The molecule has 4 fully saturated rings. The Labute approximate surface area is 282 Å². The van der Waals surface area contributed by atoms with Crippen LogP contribution in [0.15, 0.2) is 29.8 Å². The van der Waals surface area contributed by atoms with E-state index in [9.17, 15) is 18.8 Å². The lowest BCUT2D eigenvalue weighted by Crippen LogP contribution is -2.66. The molecule has 7 rings (SSSR count). The molecule has 4 saturated carbocycles. The molecule has 0 saturated heterocycles. The van der Waals surface area contributed by atoms with Gasteiger partial charge in [0.05, 0.1) is 10.2 Å². The second-order valence-corrected chi connectivity index (χ2v) is 18.8. The lowest BCUT2D eigenvalue weighted by molar-refractivity contribution is -0.210. The Morgan fingerprint density at radius 1 is 0.979 bits per heavy atom. The van der Waals surface area contributed by atoms with Gasteiger partial charge >= 0.3 is 5.97 Å². The van der Waals surface area contributed by atoms with Crippen LogP contribution in [0.2, 0.25) is 0 Å². The molecule has 5 aliphatic rings. The Balaban J connectivity index is 1.21. The number of ether oxygens (including phenoxy) is 1. The minimum Gasteiger partial charge on any atom is -0.462 e. The number of thiazole rings is 1. The van der Waals surface area contributed by atoms with Gasteiger partial charge in [-0.2, -0.15) is 0 Å². The van der Waals surface area contributed by atoms with Gasteiger partial charge < -0.3 is 10.1 Å². The van der Waals surface area contributed by atoms with Crippen LogP contribution in [-0.4, -0.2) is 28.7 Å². The van der Waals surface area contributed by atoms with Crippen molar-refractivity contribution in [3.63, 3.8) is 0 Å². The smallest absolute Gasteiger partial charge is 0.302 e. The van der Waals surface area contributed by atoms with E-state index in [2.05, 4.69) is 64.8 Å². The van der Waals surface area contributed by atoms with Gasteiger partial charge in [0.2, 0.25) is 5.91 Å². The number of benzene rings is 1. The Hall–Kier alpha value is -2.61. The fourth-order valence-corrected chi connectivity index (χ4v) is 12.9. The van der Waals surface area contributed by atoms with E-state index in [-0.39, 0.29) is 74.4 Å². The molecule has 1 N–H and O–H groups in total. The molecule has 0 bridgehead atoms. The van der Waals surface area contributed by atoms with Gasteiger partial charge in [-0.25, -0.2) is 9.37 Å². The van der Waals surface area contributed by atoms with Crippen LogP contribution in [0.5, 0.6) is 0 Å². The average Bonchev–Trinajstić information content (AvgIpc) is 3.37. The monoisotopic (exact) mass is 662 g/mol. The first-order valence-corrected chi connectivity index (χ1v) is 18.5. The van der Waals surface area contributed by atoms with Crippen molar-refractivity contribution < 1.29 is 23.5 Å². The molecular weight excluding hydrogens is 612 g/mol. The summed E-state index contributed by atoms with van der Waals surface area (Å²) in [7, 11) is 0. The van der Waals surface area contributed by atoms with Crippen LogP contribution in [0.25, 0.3) is 10.2 Å². The zero-order chi connectivity index (χ0) is 33.9. The van der Waals surface area contributed by atoms with Crippen LogP contribution >= 0.6 is 11.3 Å². The van der Waals surface area contributed by atoms with Crippen molar-refractivity contribution in [2.45, 2.75) is 119 Å². The number of allylic oxidation sites excluding steroid dienone is 2. The van der Waals surface area contributed by atoms with Gasteiger partial charge in [0, 0.05) is 23.7 Å². The molecule has 1 amide bonds. The molecule has 0 radical (unpaired) electrons. The number of carbonyl (C=O) groups is 3. The summed E-state index contributed by atoms with van der Waals surface area (Å²) in [5.41, 5.74) is 0.631. The summed E-state index contributed by atoms with van der Waals surface area (Å²) in [6, 6.07) is 4.50. The van der Waals surface area contributed by atoms with Crippen molar-refractivity contribution in [2.24, 2.45) is 50.2 Å². The standard InChI is InChI=1S/C39H51FN2O4S/c1-22(43)46-30-12-13-37(6)29(34(30,2)3)11-14-39(8)31(37)27(44)20-24-25-21-36(5,16-15-35(25,4)17-18-38(24,39)7)32(45)42-33-41-26-10-9-23(40)19-28(26)47-33/h9-10,19-20,25,29-31H,11-18,21H2,1-8H3,(H,41,42,45)/t25-,29-,30-,31+,35+,36-,37-,38+,39+/m0/s1. The number of hydrogen-bond donors (Lipinski definition) is 1. The molecule has 254 valence electrons. The Morgan fingerprint density at radius 3 is 2.43 bits per heavy atom. The Kier molecular flexibility index (Phi) is 7.32. The van der Waals surface area contributed by atoms with Crippen LogP contribution in [0.3, 0.4) is 0 Å². The highest BCUT2D eigenvalue weighted by atomic mass is 32.1. The number of amides is 1. The van der Waals surface area contributed by atoms with E-state index in [1.54, 1.807) is 6.07 Å². The minimum atomic E-state index is -0.615. The molecule has 1 aromatic carbocycles. The van der Waals surface area contributed by atoms with Gasteiger partial charge in [-0.1, -0.05) is 65.4 Å². The summed E-state index contributed by atoms with van der Waals surface area (Å²) >= 11 is 1.30. The summed E-state index contributed by atoms with van der Waals surface area (Å²) in [5.74, 6) is 0.00277. The minimum absolute atomic E-state index is 0.0349. The van der Waals surface area contributed by atoms with Gasteiger partial charge in [-0.15, -0.1) is 0 Å². The quantitative estimate of drug-likeness (QED) is 0.331. The lowest BCUT2D eigenvalue weighted by Gasteiger charge is -2.70. The largest absolute Gasteiger partial charge is 0.462 e. The van der Waals surface area contributed by atoms with Crippen molar-refractivity contribution in [1.29, 1.82) is 0 Å². The van der Waals surface area contributed by atoms with Crippen LogP contribution in [-0.2, 0) is 19.1 Å². The number of ketones is 1. The van der Waals surface area contributed by atoms with Gasteiger partial charge in [0.15, 0.2) is 10.9 Å². The van der Waals surface area contributed by atoms with E-state index in [1.807, 2.05) is 0 Å². The van der Waals surface area contributed by atoms with Crippen molar-refractivity contribution in [3.8, 4) is 0 Å². The third-order valence-electron chi connectivity index (χ3n) is 14.9. The van der Waals surface area contributed by atoms with Gasteiger partial charge in [0.25, 0.3) is 0 Å². The van der Waals surface area contributed by atoms with Crippen LogP contribution in [0.1, 0.15) is 113 Å². The highest BCUT2D eigenvalue weighted by molar-refractivity contribution is 7.22. The summed E-state index contributed by atoms with van der Waals surface area (Å²) in [4.78, 5) is 45.3. The van der Waals surface area contributed by atoms with Crippen molar-refractivity contribution >= 4 is 44.3 Å². The fraction of sp³-hybridized carbons (Fsp3) is 0.692. The third-order valence-corrected chi connectivity index (χ3v) is 15.9. The van der Waals surface area contributed by atoms with Crippen LogP contribution in [0, 0.1) is 56.1 Å². The van der Waals surface area contributed by atoms with Crippen LogP contribution in [0.4, 0.5) is 9.52 Å². The number of fused-ring (bicyclic) bond motifs is 8. The predicted octanol–water partition coefficient (Wildman–Crippen LogP) is 9.29. The number of nitrogens with zero attached hydrogens (tertiary/aromatic N) is 1. The van der Waals surface area contributed by atoms with Crippen molar-refractivity contribution in [1.82, 2.24) is 4.98 Å². The molecule has 8 heteroatoms. The number of aromatic nitrogens is 1. The van der Waals surface area contributed by atoms with Crippen molar-refractivity contribution in [3.05, 3.63) is 35.7 Å². The first kappa shape index (κ1) is 32.9. The second-order valence-electron chi connectivity index (χ2n) is 17.8. The number of nitrogens with one attached hydrogen (secondary N) is 1. The molecule has 0 spiro atoms. The van der Waals surface area contributed by atoms with E-state index in [4.69, 9.17) is 4.74 Å². The maximum atomic E-state index is 14.7. The SMILES string of the molecule is CC(=O)O[C@H]1CC[C@]2(C)[C@H]3C(=O)C=C4[C@@H]5C[C@@](C)(C(=O)Nc6nc7ccc(F)cc7s6)CC[C@]5(C)CC[C@@]4(C)[C@]3(C)CC[C@H]2C1(C)C. The zero-order valence-electron chi connectivity index (χ0n) is 29.3. The summed E-state index contributed by atoms with van der Waals surface area (Å²) in [6.07, 6.45) is 10.1. The van der Waals surface area contributed by atoms with E-state index >= 15 is 0 Å². The summed E-state index contributed by atoms with van der Waals surface area (Å²) in [6.45, 7) is 17.6. The van der Waals surface area contributed by atoms with Gasteiger partial charge in [-0.3, -0.25) is 14.4 Å². The van der Waals surface area contributed by atoms with Crippen LogP contribution < -0.4 is 5.32 Å². The topological polar surface area (TPSA) is 85.4 Å². The van der Waals surface area contributed by atoms with E-state index in [0.717, 1.165) is 51.4 Å². The second kappa shape index (κ2) is 10.4. The maximum absolute atomic E-state index is 14.7. The molecule has 1 aromatic heterocycles. The highest BCUT2D eigenvalue weighted by Gasteiger charge is 2.70. The number of rotatable bonds is 3. The lowest BCUT2D eigenvalue weighted by atomic mass is 9.33. The van der Waals surface area contributed by atoms with E-state index in [1.165, 1.54) is 36.0 Å². The average molecular weight is 663 g/mol. The Bertz CT molecular complexity index is 1720. The fourth-order valence-electron chi connectivity index (χ4n) is 12.0. The Morgan fingerprint density at radius 2 is 1.70 bits per heavy atom. The number of esters is 1. The first-order valence-electron chi connectivity index (χ1n) is 17.7. The number of hydrogen-bond acceptors (Lipinski definition) is 6. The molecule has 6 nitrogen and oxygen atoms in total. The molecule has 0 aliphatic heterocycles. The maximum Gasteiger partial charge on any atom is 0.302 e. The molecule has 9 atom stereocenters.